The van der Waals surface area contributed by atoms with Crippen molar-refractivity contribution in [2.75, 3.05) is 18.2 Å². The smallest absolute Gasteiger partial charge is 0.239 e. The molecule has 0 radical (unpaired) electrons. The molecule has 24 heavy (non-hydrogen) atoms. The van der Waals surface area contributed by atoms with E-state index < -0.39 is 21.5 Å². The number of carbonyl (C=O) groups excluding carboxylic acids is 1. The molecule has 0 aromatic heterocycles. The maximum Gasteiger partial charge on any atom is 0.239 e. The van der Waals surface area contributed by atoms with Crippen molar-refractivity contribution in [1.82, 2.24) is 0 Å². The molecule has 0 unspecified atom stereocenters. The van der Waals surface area contributed by atoms with E-state index in [9.17, 15) is 13.2 Å². The molecule has 0 aliphatic heterocycles. The van der Waals surface area contributed by atoms with Crippen molar-refractivity contribution >= 4 is 33.0 Å². The van der Waals surface area contributed by atoms with Gasteiger partial charge in [-0.25, -0.2) is 8.42 Å². The largest absolute Gasteiger partial charge is 0.495 e. The Hall–Kier alpha value is -2.05. The second kappa shape index (κ2) is 7.23. The highest BCUT2D eigenvalue weighted by Gasteiger charge is 2.21. The zero-order valence-electron chi connectivity index (χ0n) is 13.6. The van der Waals surface area contributed by atoms with Gasteiger partial charge in [0.2, 0.25) is 5.91 Å². The summed E-state index contributed by atoms with van der Waals surface area (Å²) in [6.45, 7) is 3.59. The standard InChI is InChI=1S/C17H18ClNO4S/c1-11-4-7-16(12(2)8-11)24(21,22)10-17(20)19-13-5-6-15(23-3)14(18)9-13/h4-9H,10H2,1-3H3,(H,19,20). The molecule has 0 saturated heterocycles. The fourth-order valence-corrected chi connectivity index (χ4v) is 4.00. The molecule has 128 valence electrons. The Bertz CT molecular complexity index is 878. The highest BCUT2D eigenvalue weighted by Crippen LogP contribution is 2.27. The minimum absolute atomic E-state index is 0.163. The Balaban J connectivity index is 2.15. The van der Waals surface area contributed by atoms with Gasteiger partial charge in [0.15, 0.2) is 9.84 Å². The van der Waals surface area contributed by atoms with Crippen LogP contribution in [0.15, 0.2) is 41.3 Å². The van der Waals surface area contributed by atoms with Gasteiger partial charge in [-0.05, 0) is 43.7 Å². The van der Waals surface area contributed by atoms with Crippen molar-refractivity contribution in [3.05, 3.63) is 52.5 Å². The van der Waals surface area contributed by atoms with E-state index in [1.54, 1.807) is 31.2 Å². The van der Waals surface area contributed by atoms with Crippen LogP contribution in [0.3, 0.4) is 0 Å². The lowest BCUT2D eigenvalue weighted by molar-refractivity contribution is -0.113. The van der Waals surface area contributed by atoms with E-state index in [0.29, 0.717) is 22.0 Å². The van der Waals surface area contributed by atoms with Gasteiger partial charge in [0.05, 0.1) is 17.0 Å². The number of carbonyl (C=O) groups is 1. The summed E-state index contributed by atoms with van der Waals surface area (Å²) in [5.74, 6) is -0.797. The Kier molecular flexibility index (Phi) is 5.51. The number of amides is 1. The minimum atomic E-state index is -3.72. The van der Waals surface area contributed by atoms with E-state index in [2.05, 4.69) is 5.32 Å². The number of anilines is 1. The summed E-state index contributed by atoms with van der Waals surface area (Å²) in [6.07, 6.45) is 0. The van der Waals surface area contributed by atoms with Crippen LogP contribution in [0.2, 0.25) is 5.02 Å². The molecule has 0 saturated carbocycles. The first-order valence-electron chi connectivity index (χ1n) is 7.16. The Morgan fingerprint density at radius 1 is 1.17 bits per heavy atom. The van der Waals surface area contributed by atoms with Gasteiger partial charge in [-0.2, -0.15) is 0 Å². The number of aryl methyl sites for hydroxylation is 2. The number of nitrogens with one attached hydrogen (secondary N) is 1. The van der Waals surface area contributed by atoms with Crippen LogP contribution in [-0.2, 0) is 14.6 Å². The van der Waals surface area contributed by atoms with Crippen LogP contribution in [-0.4, -0.2) is 27.2 Å². The van der Waals surface area contributed by atoms with Crippen LogP contribution in [0.5, 0.6) is 5.75 Å². The van der Waals surface area contributed by atoms with E-state index in [1.807, 2.05) is 6.92 Å². The van der Waals surface area contributed by atoms with Crippen molar-refractivity contribution in [3.8, 4) is 5.75 Å². The van der Waals surface area contributed by atoms with Gasteiger partial charge in [-0.15, -0.1) is 0 Å². The number of halogens is 1. The summed E-state index contributed by atoms with van der Waals surface area (Å²) in [7, 11) is -2.24. The maximum atomic E-state index is 12.4. The lowest BCUT2D eigenvalue weighted by Crippen LogP contribution is -2.23. The number of benzene rings is 2. The second-order valence-corrected chi connectivity index (χ2v) is 7.79. The SMILES string of the molecule is COc1ccc(NC(=O)CS(=O)(=O)c2ccc(C)cc2C)cc1Cl. The van der Waals surface area contributed by atoms with Gasteiger partial charge in [0.25, 0.3) is 0 Å². The molecular weight excluding hydrogens is 350 g/mol. The Morgan fingerprint density at radius 2 is 1.88 bits per heavy atom. The summed E-state index contributed by atoms with van der Waals surface area (Å²) >= 11 is 5.98. The molecule has 0 atom stereocenters. The van der Waals surface area contributed by atoms with Gasteiger partial charge in [0, 0.05) is 5.69 Å². The van der Waals surface area contributed by atoms with E-state index in [1.165, 1.54) is 19.2 Å². The number of sulfone groups is 1. The molecule has 2 aromatic carbocycles. The fourth-order valence-electron chi connectivity index (χ4n) is 2.34. The van der Waals surface area contributed by atoms with Crippen LogP contribution in [0.25, 0.3) is 0 Å². The molecule has 0 spiro atoms. The summed E-state index contributed by atoms with van der Waals surface area (Å²) in [5, 5.41) is 2.86. The molecule has 0 aliphatic carbocycles. The lowest BCUT2D eigenvalue weighted by atomic mass is 10.2. The van der Waals surface area contributed by atoms with E-state index in [0.717, 1.165) is 5.56 Å². The predicted octanol–water partition coefficient (Wildman–Crippen LogP) is 3.38. The molecule has 0 fully saturated rings. The van der Waals surface area contributed by atoms with Crippen LogP contribution in [0.1, 0.15) is 11.1 Å². The van der Waals surface area contributed by atoms with Crippen molar-refractivity contribution in [3.63, 3.8) is 0 Å². The number of hydrogen-bond acceptors (Lipinski definition) is 4. The topological polar surface area (TPSA) is 72.5 Å². The molecule has 0 aliphatic rings. The Labute approximate surface area is 146 Å². The highest BCUT2D eigenvalue weighted by molar-refractivity contribution is 7.92. The third kappa shape index (κ3) is 4.27. The molecule has 0 heterocycles. The first-order valence-corrected chi connectivity index (χ1v) is 9.19. The quantitative estimate of drug-likeness (QED) is 0.879. The van der Waals surface area contributed by atoms with Crippen molar-refractivity contribution in [2.45, 2.75) is 18.7 Å². The summed E-state index contributed by atoms with van der Waals surface area (Å²) in [6, 6.07) is 9.69. The number of methoxy groups -OCH3 is 1. The average Bonchev–Trinajstić information content (AvgIpc) is 2.46. The molecule has 2 aromatic rings. The van der Waals surface area contributed by atoms with Gasteiger partial charge >= 0.3 is 0 Å². The zero-order chi connectivity index (χ0) is 17.9. The van der Waals surface area contributed by atoms with Crippen LogP contribution in [0.4, 0.5) is 5.69 Å². The minimum Gasteiger partial charge on any atom is -0.495 e. The van der Waals surface area contributed by atoms with Gasteiger partial charge in [-0.3, -0.25) is 4.79 Å². The van der Waals surface area contributed by atoms with E-state index >= 15 is 0 Å². The summed E-state index contributed by atoms with van der Waals surface area (Å²) in [4.78, 5) is 12.2. The van der Waals surface area contributed by atoms with Gasteiger partial charge < -0.3 is 10.1 Å². The molecule has 2 rings (SSSR count). The fraction of sp³-hybridized carbons (Fsp3) is 0.235. The summed E-state index contributed by atoms with van der Waals surface area (Å²) in [5.41, 5.74) is 1.99. The first kappa shape index (κ1) is 18.3. The van der Waals surface area contributed by atoms with Crippen LogP contribution >= 0.6 is 11.6 Å². The third-order valence-electron chi connectivity index (χ3n) is 3.42. The highest BCUT2D eigenvalue weighted by atomic mass is 35.5. The first-order chi connectivity index (χ1) is 11.2. The number of hydrogen-bond donors (Lipinski definition) is 1. The monoisotopic (exact) mass is 367 g/mol. The van der Waals surface area contributed by atoms with E-state index in [-0.39, 0.29) is 4.90 Å². The summed E-state index contributed by atoms with van der Waals surface area (Å²) < 4.78 is 29.9. The number of rotatable bonds is 5. The van der Waals surface area contributed by atoms with Crippen LogP contribution < -0.4 is 10.1 Å². The van der Waals surface area contributed by atoms with E-state index in [4.69, 9.17) is 16.3 Å². The molecule has 5 nitrogen and oxygen atoms in total. The van der Waals surface area contributed by atoms with Crippen molar-refractivity contribution in [2.24, 2.45) is 0 Å². The maximum absolute atomic E-state index is 12.4. The van der Waals surface area contributed by atoms with Crippen molar-refractivity contribution in [1.29, 1.82) is 0 Å². The number of ether oxygens (including phenoxy) is 1. The lowest BCUT2D eigenvalue weighted by Gasteiger charge is -2.10. The Morgan fingerprint density at radius 3 is 2.46 bits per heavy atom. The zero-order valence-corrected chi connectivity index (χ0v) is 15.2. The normalized spacial score (nSPS) is 11.2. The average molecular weight is 368 g/mol. The second-order valence-electron chi connectivity index (χ2n) is 5.43. The molecule has 7 heteroatoms. The predicted molar refractivity (Wildman–Crippen MR) is 94.6 cm³/mol. The van der Waals surface area contributed by atoms with Gasteiger partial charge in [-0.1, -0.05) is 29.3 Å². The molecule has 1 N–H and O–H groups in total. The third-order valence-corrected chi connectivity index (χ3v) is 5.49. The molecule has 0 bridgehead atoms. The molecular formula is C17H18ClNO4S. The molecule has 1 amide bonds. The van der Waals surface area contributed by atoms with Crippen LogP contribution in [0, 0.1) is 13.8 Å². The van der Waals surface area contributed by atoms with Gasteiger partial charge in [0.1, 0.15) is 11.5 Å². The van der Waals surface area contributed by atoms with Crippen molar-refractivity contribution < 1.29 is 17.9 Å².